The fourth-order valence-electron chi connectivity index (χ4n) is 3.42. The molecule has 4 nitrogen and oxygen atoms in total. The quantitative estimate of drug-likeness (QED) is 0.766. The van der Waals surface area contributed by atoms with Crippen molar-refractivity contribution in [2.24, 2.45) is 0 Å². The summed E-state index contributed by atoms with van der Waals surface area (Å²) in [5, 5.41) is 0.851. The minimum absolute atomic E-state index is 0.0221. The van der Waals surface area contributed by atoms with Crippen LogP contribution in [0.3, 0.4) is 0 Å². The SMILES string of the molecule is O=C(c1cc2ccc(F)cc2[nH]1)N1CCN(C/C=C/c2ccccc2)CC1. The largest absolute Gasteiger partial charge is 0.350 e. The number of fused-ring (bicyclic) bond motifs is 1. The number of H-pyrrole nitrogens is 1. The second kappa shape index (κ2) is 7.76. The Morgan fingerprint density at radius 2 is 1.81 bits per heavy atom. The number of carbonyl (C=O) groups excluding carboxylic acids is 1. The third-order valence-electron chi connectivity index (χ3n) is 4.95. The van der Waals surface area contributed by atoms with Gasteiger partial charge in [-0.15, -0.1) is 0 Å². The fraction of sp³-hybridized carbons (Fsp3) is 0.227. The summed E-state index contributed by atoms with van der Waals surface area (Å²) in [7, 11) is 0. The average molecular weight is 363 g/mol. The molecule has 2 heterocycles. The Morgan fingerprint density at radius 3 is 2.59 bits per heavy atom. The van der Waals surface area contributed by atoms with Gasteiger partial charge in [0.15, 0.2) is 0 Å². The minimum atomic E-state index is -0.305. The van der Waals surface area contributed by atoms with E-state index >= 15 is 0 Å². The standard InChI is InChI=1S/C22H22FN3O/c23-19-9-8-18-15-21(24-20(18)16-19)22(27)26-13-11-25(12-14-26)10-4-7-17-5-2-1-3-6-17/h1-9,15-16,24H,10-14H2/b7-4+. The first-order valence-corrected chi connectivity index (χ1v) is 9.20. The number of nitrogens with one attached hydrogen (secondary N) is 1. The van der Waals surface area contributed by atoms with Gasteiger partial charge in [-0.25, -0.2) is 4.39 Å². The van der Waals surface area contributed by atoms with E-state index in [9.17, 15) is 9.18 Å². The molecule has 1 fully saturated rings. The Balaban J connectivity index is 1.33. The molecule has 0 saturated carbocycles. The van der Waals surface area contributed by atoms with E-state index in [1.54, 1.807) is 12.1 Å². The number of hydrogen-bond donors (Lipinski definition) is 1. The van der Waals surface area contributed by atoms with Crippen molar-refractivity contribution in [3.05, 3.63) is 77.7 Å². The van der Waals surface area contributed by atoms with E-state index in [2.05, 4.69) is 34.2 Å². The highest BCUT2D eigenvalue weighted by molar-refractivity contribution is 5.98. The van der Waals surface area contributed by atoms with Crippen LogP contribution in [-0.4, -0.2) is 53.4 Å². The zero-order valence-electron chi connectivity index (χ0n) is 15.1. The fourth-order valence-corrected chi connectivity index (χ4v) is 3.42. The number of halogens is 1. The van der Waals surface area contributed by atoms with Crippen molar-refractivity contribution in [3.63, 3.8) is 0 Å². The maximum atomic E-state index is 13.3. The monoisotopic (exact) mass is 363 g/mol. The minimum Gasteiger partial charge on any atom is -0.350 e. The molecule has 4 rings (SSSR count). The predicted molar refractivity (Wildman–Crippen MR) is 106 cm³/mol. The lowest BCUT2D eigenvalue weighted by atomic mass is 10.2. The Bertz CT molecular complexity index is 956. The highest BCUT2D eigenvalue weighted by atomic mass is 19.1. The van der Waals surface area contributed by atoms with Crippen LogP contribution in [0.5, 0.6) is 0 Å². The van der Waals surface area contributed by atoms with Gasteiger partial charge in [-0.05, 0) is 29.8 Å². The molecule has 1 amide bonds. The molecular formula is C22H22FN3O. The highest BCUT2D eigenvalue weighted by Crippen LogP contribution is 2.18. The van der Waals surface area contributed by atoms with E-state index < -0.39 is 0 Å². The third kappa shape index (κ3) is 4.09. The lowest BCUT2D eigenvalue weighted by Gasteiger charge is -2.33. The second-order valence-corrected chi connectivity index (χ2v) is 6.82. The summed E-state index contributed by atoms with van der Waals surface area (Å²) < 4.78 is 13.3. The van der Waals surface area contributed by atoms with Gasteiger partial charge in [0.1, 0.15) is 11.5 Å². The number of rotatable bonds is 4. The number of carbonyl (C=O) groups is 1. The van der Waals surface area contributed by atoms with Crippen LogP contribution in [0.2, 0.25) is 0 Å². The molecule has 0 radical (unpaired) electrons. The lowest BCUT2D eigenvalue weighted by Crippen LogP contribution is -2.48. The molecule has 1 saturated heterocycles. The maximum absolute atomic E-state index is 13.3. The van der Waals surface area contributed by atoms with Gasteiger partial charge in [-0.1, -0.05) is 42.5 Å². The number of benzene rings is 2. The molecule has 27 heavy (non-hydrogen) atoms. The predicted octanol–water partition coefficient (Wildman–Crippen LogP) is 3.78. The molecular weight excluding hydrogens is 341 g/mol. The number of hydrogen-bond acceptors (Lipinski definition) is 2. The van der Waals surface area contributed by atoms with Crippen molar-refractivity contribution < 1.29 is 9.18 Å². The maximum Gasteiger partial charge on any atom is 0.270 e. The van der Waals surface area contributed by atoms with Crippen molar-refractivity contribution in [1.82, 2.24) is 14.8 Å². The molecule has 1 aromatic heterocycles. The zero-order chi connectivity index (χ0) is 18.6. The Kier molecular flexibility index (Phi) is 5.03. The smallest absolute Gasteiger partial charge is 0.270 e. The van der Waals surface area contributed by atoms with Gasteiger partial charge >= 0.3 is 0 Å². The summed E-state index contributed by atoms with van der Waals surface area (Å²) in [6.45, 7) is 3.96. The number of amides is 1. The van der Waals surface area contributed by atoms with Gasteiger partial charge in [0.2, 0.25) is 0 Å². The van der Waals surface area contributed by atoms with Crippen LogP contribution in [-0.2, 0) is 0 Å². The van der Waals surface area contributed by atoms with Crippen molar-refractivity contribution in [3.8, 4) is 0 Å². The number of piperazine rings is 1. The average Bonchev–Trinajstić information content (AvgIpc) is 3.12. The Hall–Kier alpha value is -2.92. The zero-order valence-corrected chi connectivity index (χ0v) is 15.1. The lowest BCUT2D eigenvalue weighted by molar-refractivity contribution is 0.0645. The molecule has 138 valence electrons. The summed E-state index contributed by atoms with van der Waals surface area (Å²) in [4.78, 5) is 20.0. The summed E-state index contributed by atoms with van der Waals surface area (Å²) in [6.07, 6.45) is 4.29. The van der Waals surface area contributed by atoms with Crippen LogP contribution in [0.4, 0.5) is 4.39 Å². The van der Waals surface area contributed by atoms with Gasteiger partial charge < -0.3 is 9.88 Å². The van der Waals surface area contributed by atoms with Crippen molar-refractivity contribution in [2.45, 2.75) is 0 Å². The molecule has 0 unspecified atom stereocenters. The van der Waals surface area contributed by atoms with Crippen LogP contribution in [0.25, 0.3) is 17.0 Å². The molecule has 0 atom stereocenters. The highest BCUT2D eigenvalue weighted by Gasteiger charge is 2.22. The first kappa shape index (κ1) is 17.5. The molecule has 3 aromatic rings. The summed E-state index contributed by atoms with van der Waals surface area (Å²) in [6, 6.07) is 16.6. The molecule has 2 aromatic carbocycles. The number of aromatic amines is 1. The van der Waals surface area contributed by atoms with Crippen molar-refractivity contribution >= 4 is 22.9 Å². The van der Waals surface area contributed by atoms with Gasteiger partial charge in [0.25, 0.3) is 5.91 Å². The summed E-state index contributed by atoms with van der Waals surface area (Å²) in [5.74, 6) is -0.327. The van der Waals surface area contributed by atoms with Gasteiger partial charge in [-0.2, -0.15) is 0 Å². The molecule has 0 aliphatic carbocycles. The van der Waals surface area contributed by atoms with E-state index in [0.29, 0.717) is 24.3 Å². The van der Waals surface area contributed by atoms with Crippen LogP contribution < -0.4 is 0 Å². The van der Waals surface area contributed by atoms with E-state index in [0.717, 1.165) is 25.0 Å². The van der Waals surface area contributed by atoms with Crippen molar-refractivity contribution in [1.29, 1.82) is 0 Å². The molecule has 1 aliphatic rings. The van der Waals surface area contributed by atoms with Crippen LogP contribution in [0.15, 0.2) is 60.7 Å². The van der Waals surface area contributed by atoms with Gasteiger partial charge in [0, 0.05) is 43.6 Å². The molecule has 0 bridgehead atoms. The number of aromatic nitrogens is 1. The third-order valence-corrected chi connectivity index (χ3v) is 4.95. The Morgan fingerprint density at radius 1 is 1.04 bits per heavy atom. The number of nitrogens with zero attached hydrogens (tertiary/aromatic N) is 2. The van der Waals surface area contributed by atoms with Crippen molar-refractivity contribution in [2.75, 3.05) is 32.7 Å². The van der Waals surface area contributed by atoms with E-state index in [4.69, 9.17) is 0 Å². The summed E-state index contributed by atoms with van der Waals surface area (Å²) in [5.41, 5.74) is 2.37. The van der Waals surface area contributed by atoms with Crippen LogP contribution in [0, 0.1) is 5.82 Å². The molecule has 1 aliphatic heterocycles. The summed E-state index contributed by atoms with van der Waals surface area (Å²) >= 11 is 0. The molecule has 0 spiro atoms. The topological polar surface area (TPSA) is 39.3 Å². The first-order chi connectivity index (χ1) is 13.2. The van der Waals surface area contributed by atoms with Crippen LogP contribution in [0.1, 0.15) is 16.1 Å². The van der Waals surface area contributed by atoms with E-state index in [1.165, 1.54) is 17.7 Å². The molecule has 5 heteroatoms. The van der Waals surface area contributed by atoms with Gasteiger partial charge in [0.05, 0.1) is 0 Å². The van der Waals surface area contributed by atoms with E-state index in [-0.39, 0.29) is 11.7 Å². The normalized spacial score (nSPS) is 15.7. The Labute approximate surface area is 157 Å². The van der Waals surface area contributed by atoms with Gasteiger partial charge in [-0.3, -0.25) is 9.69 Å². The van der Waals surface area contributed by atoms with E-state index in [1.807, 2.05) is 23.1 Å². The first-order valence-electron chi connectivity index (χ1n) is 9.20. The van der Waals surface area contributed by atoms with Crippen LogP contribution >= 0.6 is 0 Å². The second-order valence-electron chi connectivity index (χ2n) is 6.82. The molecule has 1 N–H and O–H groups in total.